The zero-order chi connectivity index (χ0) is 10.7. The standard InChI is InChI=1S/C11H12O3/c1-7-5-9(10(13)3-4-12)6-8(2)11(7)14/h4-6,14H,3H2,1-2H3. The van der Waals surface area contributed by atoms with Crippen LogP contribution in [-0.2, 0) is 4.79 Å². The van der Waals surface area contributed by atoms with Gasteiger partial charge in [-0.3, -0.25) is 4.79 Å². The van der Waals surface area contributed by atoms with Gasteiger partial charge < -0.3 is 9.90 Å². The van der Waals surface area contributed by atoms with Gasteiger partial charge in [-0.15, -0.1) is 0 Å². The van der Waals surface area contributed by atoms with E-state index in [0.29, 0.717) is 23.0 Å². The third kappa shape index (κ3) is 1.99. The molecule has 3 heteroatoms. The first kappa shape index (κ1) is 10.4. The number of rotatable bonds is 3. The monoisotopic (exact) mass is 192 g/mol. The van der Waals surface area contributed by atoms with Gasteiger partial charge in [0.25, 0.3) is 0 Å². The van der Waals surface area contributed by atoms with Gasteiger partial charge in [-0.2, -0.15) is 0 Å². The molecule has 0 spiro atoms. The van der Waals surface area contributed by atoms with Crippen molar-refractivity contribution in [3.8, 4) is 5.75 Å². The van der Waals surface area contributed by atoms with Gasteiger partial charge in [0.15, 0.2) is 5.78 Å². The Kier molecular flexibility index (Phi) is 3.02. The van der Waals surface area contributed by atoms with Crippen LogP contribution in [0.3, 0.4) is 0 Å². The lowest BCUT2D eigenvalue weighted by molar-refractivity contribution is -0.107. The molecule has 0 bridgehead atoms. The SMILES string of the molecule is Cc1cc(C(=O)CC=O)cc(C)c1O. The Morgan fingerprint density at radius 1 is 1.36 bits per heavy atom. The summed E-state index contributed by atoms with van der Waals surface area (Å²) >= 11 is 0. The number of carbonyl (C=O) groups excluding carboxylic acids is 2. The summed E-state index contributed by atoms with van der Waals surface area (Å²) in [6, 6.07) is 3.18. The highest BCUT2D eigenvalue weighted by molar-refractivity contribution is 6.03. The van der Waals surface area contributed by atoms with Gasteiger partial charge >= 0.3 is 0 Å². The van der Waals surface area contributed by atoms with Crippen molar-refractivity contribution in [1.82, 2.24) is 0 Å². The summed E-state index contributed by atoms with van der Waals surface area (Å²) < 4.78 is 0. The van der Waals surface area contributed by atoms with E-state index in [1.54, 1.807) is 26.0 Å². The lowest BCUT2D eigenvalue weighted by Crippen LogP contribution is -2.00. The van der Waals surface area contributed by atoms with Crippen LogP contribution in [0.4, 0.5) is 0 Å². The molecule has 0 amide bonds. The van der Waals surface area contributed by atoms with Crippen LogP contribution in [0, 0.1) is 13.8 Å². The molecule has 0 aromatic heterocycles. The van der Waals surface area contributed by atoms with Crippen molar-refractivity contribution in [1.29, 1.82) is 0 Å². The summed E-state index contributed by atoms with van der Waals surface area (Å²) in [5.74, 6) is -0.0150. The number of aldehydes is 1. The van der Waals surface area contributed by atoms with Gasteiger partial charge in [-0.1, -0.05) is 0 Å². The third-order valence-corrected chi connectivity index (χ3v) is 2.08. The molecule has 0 unspecified atom stereocenters. The highest BCUT2D eigenvalue weighted by Crippen LogP contribution is 2.23. The maximum absolute atomic E-state index is 11.3. The highest BCUT2D eigenvalue weighted by Gasteiger charge is 2.09. The molecule has 74 valence electrons. The van der Waals surface area contributed by atoms with Crippen LogP contribution in [0.25, 0.3) is 0 Å². The molecule has 0 saturated heterocycles. The minimum atomic E-state index is -0.216. The predicted molar refractivity (Wildman–Crippen MR) is 52.6 cm³/mol. The molecule has 0 saturated carbocycles. The second-order valence-electron chi connectivity index (χ2n) is 3.25. The Bertz CT molecular complexity index is 357. The Morgan fingerprint density at radius 2 is 1.86 bits per heavy atom. The molecule has 14 heavy (non-hydrogen) atoms. The van der Waals surface area contributed by atoms with Crippen LogP contribution >= 0.6 is 0 Å². The van der Waals surface area contributed by atoms with Gasteiger partial charge in [-0.05, 0) is 37.1 Å². The lowest BCUT2D eigenvalue weighted by Gasteiger charge is -2.05. The Labute approximate surface area is 82.4 Å². The van der Waals surface area contributed by atoms with Crippen molar-refractivity contribution in [3.63, 3.8) is 0 Å². The van der Waals surface area contributed by atoms with Crippen LogP contribution in [0.15, 0.2) is 12.1 Å². The molecular formula is C11H12O3. The third-order valence-electron chi connectivity index (χ3n) is 2.08. The molecular weight excluding hydrogens is 180 g/mol. The molecule has 3 nitrogen and oxygen atoms in total. The Balaban J connectivity index is 3.12. The number of hydrogen-bond donors (Lipinski definition) is 1. The Morgan fingerprint density at radius 3 is 2.29 bits per heavy atom. The molecule has 1 aromatic rings. The molecule has 0 fully saturated rings. The predicted octanol–water partition coefficient (Wildman–Crippen LogP) is 1.78. The second-order valence-corrected chi connectivity index (χ2v) is 3.25. The average molecular weight is 192 g/mol. The molecule has 0 aliphatic heterocycles. The van der Waals surface area contributed by atoms with Gasteiger partial charge in [0, 0.05) is 5.56 Å². The summed E-state index contributed by atoms with van der Waals surface area (Å²) in [4.78, 5) is 21.5. The minimum absolute atomic E-state index is 0.107. The normalized spacial score (nSPS) is 9.86. The zero-order valence-corrected chi connectivity index (χ0v) is 8.20. The van der Waals surface area contributed by atoms with E-state index in [0.717, 1.165) is 0 Å². The van der Waals surface area contributed by atoms with Crippen LogP contribution < -0.4 is 0 Å². The number of phenolic OH excluding ortho intramolecular Hbond substituents is 1. The number of benzene rings is 1. The maximum Gasteiger partial charge on any atom is 0.169 e. The number of aromatic hydroxyl groups is 1. The molecule has 0 atom stereocenters. The number of hydrogen-bond acceptors (Lipinski definition) is 3. The van der Waals surface area contributed by atoms with E-state index in [9.17, 15) is 14.7 Å². The molecule has 0 heterocycles. The van der Waals surface area contributed by atoms with Crippen molar-refractivity contribution >= 4 is 12.1 Å². The first-order valence-corrected chi connectivity index (χ1v) is 4.33. The summed E-state index contributed by atoms with van der Waals surface area (Å²) in [6.07, 6.45) is 0.476. The number of Topliss-reactive ketones (excluding diaryl/α,β-unsaturated/α-hetero) is 1. The van der Waals surface area contributed by atoms with E-state index in [4.69, 9.17) is 0 Å². The topological polar surface area (TPSA) is 54.4 Å². The largest absolute Gasteiger partial charge is 0.507 e. The number of ketones is 1. The van der Waals surface area contributed by atoms with Crippen molar-refractivity contribution < 1.29 is 14.7 Å². The van der Waals surface area contributed by atoms with Gasteiger partial charge in [-0.25, -0.2) is 0 Å². The smallest absolute Gasteiger partial charge is 0.169 e. The summed E-state index contributed by atoms with van der Waals surface area (Å²) in [7, 11) is 0. The van der Waals surface area contributed by atoms with Crippen LogP contribution in [-0.4, -0.2) is 17.2 Å². The summed E-state index contributed by atoms with van der Waals surface area (Å²) in [5, 5.41) is 9.46. The molecule has 0 aliphatic carbocycles. The first-order valence-electron chi connectivity index (χ1n) is 4.33. The van der Waals surface area contributed by atoms with E-state index >= 15 is 0 Å². The van der Waals surface area contributed by atoms with Crippen molar-refractivity contribution in [2.75, 3.05) is 0 Å². The second kappa shape index (κ2) is 4.05. The first-order chi connectivity index (χ1) is 6.56. The fourth-order valence-corrected chi connectivity index (χ4v) is 1.31. The minimum Gasteiger partial charge on any atom is -0.507 e. The van der Waals surface area contributed by atoms with Crippen molar-refractivity contribution in [2.24, 2.45) is 0 Å². The molecule has 0 aliphatic rings. The maximum atomic E-state index is 11.3. The Hall–Kier alpha value is -1.64. The van der Waals surface area contributed by atoms with E-state index in [1.165, 1.54) is 0 Å². The van der Waals surface area contributed by atoms with Crippen molar-refractivity contribution in [3.05, 3.63) is 28.8 Å². The van der Waals surface area contributed by atoms with E-state index in [2.05, 4.69) is 0 Å². The van der Waals surface area contributed by atoms with Gasteiger partial charge in [0.05, 0.1) is 6.42 Å². The molecule has 0 radical (unpaired) electrons. The van der Waals surface area contributed by atoms with Crippen molar-refractivity contribution in [2.45, 2.75) is 20.3 Å². The number of phenols is 1. The summed E-state index contributed by atoms with van der Waals surface area (Å²) in [6.45, 7) is 3.44. The number of aryl methyl sites for hydroxylation is 2. The highest BCUT2D eigenvalue weighted by atomic mass is 16.3. The average Bonchev–Trinajstić information content (AvgIpc) is 2.13. The molecule has 1 N–H and O–H groups in total. The van der Waals surface area contributed by atoms with E-state index < -0.39 is 0 Å². The number of carbonyl (C=O) groups is 2. The fraction of sp³-hybridized carbons (Fsp3) is 0.273. The quantitative estimate of drug-likeness (QED) is 0.451. The molecule has 1 aromatic carbocycles. The van der Waals surface area contributed by atoms with E-state index in [-0.39, 0.29) is 18.0 Å². The van der Waals surface area contributed by atoms with Crippen LogP contribution in [0.2, 0.25) is 0 Å². The van der Waals surface area contributed by atoms with Gasteiger partial charge in [0.1, 0.15) is 12.0 Å². The lowest BCUT2D eigenvalue weighted by atomic mass is 10.0. The summed E-state index contributed by atoms with van der Waals surface area (Å²) in [5.41, 5.74) is 1.78. The molecule has 1 rings (SSSR count). The van der Waals surface area contributed by atoms with Crippen LogP contribution in [0.1, 0.15) is 27.9 Å². The zero-order valence-electron chi connectivity index (χ0n) is 8.20. The van der Waals surface area contributed by atoms with Gasteiger partial charge in [0.2, 0.25) is 0 Å². The fourth-order valence-electron chi connectivity index (χ4n) is 1.31. The van der Waals surface area contributed by atoms with Crippen LogP contribution in [0.5, 0.6) is 5.75 Å². The van der Waals surface area contributed by atoms with E-state index in [1.807, 2.05) is 0 Å².